The van der Waals surface area contributed by atoms with Gasteiger partial charge in [0.1, 0.15) is 5.75 Å². The van der Waals surface area contributed by atoms with Gasteiger partial charge in [0.05, 0.1) is 37.2 Å². The molecular formula is C18H15N3O2. The van der Waals surface area contributed by atoms with Crippen LogP contribution in [0.2, 0.25) is 0 Å². The second-order valence-corrected chi connectivity index (χ2v) is 5.06. The lowest BCUT2D eigenvalue weighted by atomic mass is 10.0. The average Bonchev–Trinajstić information content (AvgIpc) is 2.61. The minimum absolute atomic E-state index is 0.173. The Morgan fingerprint density at radius 2 is 1.83 bits per heavy atom. The molecular weight excluding hydrogens is 290 g/mol. The molecule has 0 unspecified atom stereocenters. The minimum Gasteiger partial charge on any atom is -0.497 e. The highest BCUT2D eigenvalue weighted by atomic mass is 16.5. The molecule has 0 saturated heterocycles. The van der Waals surface area contributed by atoms with Crippen molar-refractivity contribution >= 4 is 10.8 Å². The van der Waals surface area contributed by atoms with Crippen molar-refractivity contribution in [2.75, 3.05) is 7.11 Å². The summed E-state index contributed by atoms with van der Waals surface area (Å²) >= 11 is 0. The zero-order valence-corrected chi connectivity index (χ0v) is 12.7. The second-order valence-electron chi connectivity index (χ2n) is 5.06. The van der Waals surface area contributed by atoms with Crippen LogP contribution in [0.1, 0.15) is 6.42 Å². The standard InChI is InChI=1S/C18H15N3O2/c1-23-14-9-7-13(8-10-14)17-15-5-2-3-6-16(15)18(22)21(20-17)12-4-11-19/h2-3,5-10H,4,12H2,1H3. The van der Waals surface area contributed by atoms with Crippen LogP contribution in [0, 0.1) is 11.3 Å². The zero-order valence-electron chi connectivity index (χ0n) is 12.7. The van der Waals surface area contributed by atoms with Crippen LogP contribution < -0.4 is 10.3 Å². The van der Waals surface area contributed by atoms with E-state index in [9.17, 15) is 4.79 Å². The third-order valence-electron chi connectivity index (χ3n) is 3.67. The Bertz CT molecular complexity index is 937. The first-order chi connectivity index (χ1) is 11.2. The number of nitrogens with zero attached hydrogens (tertiary/aromatic N) is 3. The van der Waals surface area contributed by atoms with E-state index in [1.54, 1.807) is 13.2 Å². The number of fused-ring (bicyclic) bond motifs is 1. The van der Waals surface area contributed by atoms with Gasteiger partial charge in [-0.25, -0.2) is 4.68 Å². The topological polar surface area (TPSA) is 67.9 Å². The third kappa shape index (κ3) is 2.79. The molecule has 5 nitrogen and oxygen atoms in total. The van der Waals surface area contributed by atoms with Gasteiger partial charge in [-0.2, -0.15) is 10.4 Å². The molecule has 0 aliphatic carbocycles. The van der Waals surface area contributed by atoms with Crippen LogP contribution in [-0.2, 0) is 6.54 Å². The lowest BCUT2D eigenvalue weighted by Gasteiger charge is -2.10. The number of methoxy groups -OCH3 is 1. The Hall–Kier alpha value is -3.13. The van der Waals surface area contributed by atoms with Crippen LogP contribution in [0.15, 0.2) is 53.3 Å². The molecule has 2 aromatic carbocycles. The van der Waals surface area contributed by atoms with Gasteiger partial charge in [0, 0.05) is 10.9 Å². The maximum atomic E-state index is 12.5. The lowest BCUT2D eigenvalue weighted by molar-refractivity contribution is 0.415. The monoisotopic (exact) mass is 305 g/mol. The average molecular weight is 305 g/mol. The Morgan fingerprint density at radius 1 is 1.13 bits per heavy atom. The molecule has 0 atom stereocenters. The van der Waals surface area contributed by atoms with E-state index in [1.807, 2.05) is 48.5 Å². The van der Waals surface area contributed by atoms with Crippen molar-refractivity contribution in [1.29, 1.82) is 5.26 Å². The number of ether oxygens (including phenoxy) is 1. The van der Waals surface area contributed by atoms with Crippen LogP contribution >= 0.6 is 0 Å². The van der Waals surface area contributed by atoms with E-state index in [2.05, 4.69) is 5.10 Å². The van der Waals surface area contributed by atoms with Gasteiger partial charge in [0.25, 0.3) is 5.56 Å². The summed E-state index contributed by atoms with van der Waals surface area (Å²) in [4.78, 5) is 12.5. The van der Waals surface area contributed by atoms with Crippen molar-refractivity contribution in [2.24, 2.45) is 0 Å². The van der Waals surface area contributed by atoms with Gasteiger partial charge >= 0.3 is 0 Å². The predicted molar refractivity (Wildman–Crippen MR) is 88.2 cm³/mol. The molecule has 1 aromatic heterocycles. The summed E-state index contributed by atoms with van der Waals surface area (Å²) in [5.74, 6) is 0.760. The highest BCUT2D eigenvalue weighted by Crippen LogP contribution is 2.26. The van der Waals surface area contributed by atoms with Crippen molar-refractivity contribution in [2.45, 2.75) is 13.0 Å². The van der Waals surface area contributed by atoms with Crippen LogP contribution in [0.25, 0.3) is 22.0 Å². The van der Waals surface area contributed by atoms with E-state index in [-0.39, 0.29) is 18.5 Å². The maximum absolute atomic E-state index is 12.5. The number of nitriles is 1. The summed E-state index contributed by atoms with van der Waals surface area (Å²) in [5.41, 5.74) is 1.45. The normalized spacial score (nSPS) is 10.4. The third-order valence-corrected chi connectivity index (χ3v) is 3.67. The molecule has 1 heterocycles. The molecule has 3 aromatic rings. The molecule has 0 fully saturated rings. The summed E-state index contributed by atoms with van der Waals surface area (Å²) in [7, 11) is 1.62. The highest BCUT2D eigenvalue weighted by molar-refractivity contribution is 5.93. The van der Waals surface area contributed by atoms with Gasteiger partial charge < -0.3 is 4.74 Å². The molecule has 114 valence electrons. The van der Waals surface area contributed by atoms with E-state index in [1.165, 1.54) is 4.68 Å². The molecule has 0 aliphatic heterocycles. The molecule has 0 radical (unpaired) electrons. The number of aromatic nitrogens is 2. The number of hydrogen-bond acceptors (Lipinski definition) is 4. The van der Waals surface area contributed by atoms with E-state index < -0.39 is 0 Å². The van der Waals surface area contributed by atoms with E-state index in [4.69, 9.17) is 10.00 Å². The van der Waals surface area contributed by atoms with Crippen LogP contribution in [0.3, 0.4) is 0 Å². The number of benzene rings is 2. The summed E-state index contributed by atoms with van der Waals surface area (Å²) in [5, 5.41) is 14.6. The smallest absolute Gasteiger partial charge is 0.274 e. The lowest BCUT2D eigenvalue weighted by Crippen LogP contribution is -2.23. The summed E-state index contributed by atoms with van der Waals surface area (Å²) in [6.07, 6.45) is 0.243. The Morgan fingerprint density at radius 3 is 2.48 bits per heavy atom. The van der Waals surface area contributed by atoms with Gasteiger partial charge in [0.2, 0.25) is 0 Å². The van der Waals surface area contributed by atoms with Crippen molar-refractivity contribution in [3.63, 3.8) is 0 Å². The molecule has 0 aliphatic rings. The first kappa shape index (κ1) is 14.8. The van der Waals surface area contributed by atoms with Crippen LogP contribution in [-0.4, -0.2) is 16.9 Å². The number of rotatable bonds is 4. The van der Waals surface area contributed by atoms with E-state index >= 15 is 0 Å². The highest BCUT2D eigenvalue weighted by Gasteiger charge is 2.12. The molecule has 3 rings (SSSR count). The quantitative estimate of drug-likeness (QED) is 0.743. The predicted octanol–water partition coefficient (Wildman–Crippen LogP) is 2.99. The molecule has 0 spiro atoms. The van der Waals surface area contributed by atoms with E-state index in [0.717, 1.165) is 22.4 Å². The van der Waals surface area contributed by atoms with Crippen molar-refractivity contribution in [3.05, 3.63) is 58.9 Å². The van der Waals surface area contributed by atoms with Gasteiger partial charge in [0.15, 0.2) is 0 Å². The Labute approximate surface area is 133 Å². The molecule has 0 amide bonds. The fourth-order valence-corrected chi connectivity index (χ4v) is 2.50. The number of hydrogen-bond donors (Lipinski definition) is 0. The fraction of sp³-hybridized carbons (Fsp3) is 0.167. The SMILES string of the molecule is COc1ccc(-c2nn(CCC#N)c(=O)c3ccccc23)cc1. The Balaban J connectivity index is 2.23. The first-order valence-electron chi connectivity index (χ1n) is 7.26. The van der Waals surface area contributed by atoms with Gasteiger partial charge in [-0.05, 0) is 30.3 Å². The van der Waals surface area contributed by atoms with Crippen molar-refractivity contribution in [1.82, 2.24) is 9.78 Å². The van der Waals surface area contributed by atoms with Crippen LogP contribution in [0.5, 0.6) is 5.75 Å². The summed E-state index contributed by atoms with van der Waals surface area (Å²) in [6, 6.07) is 17.0. The maximum Gasteiger partial charge on any atom is 0.274 e. The van der Waals surface area contributed by atoms with Gasteiger partial charge in [-0.1, -0.05) is 18.2 Å². The second kappa shape index (κ2) is 6.32. The largest absolute Gasteiger partial charge is 0.497 e. The molecule has 0 bridgehead atoms. The summed E-state index contributed by atoms with van der Waals surface area (Å²) < 4.78 is 6.54. The van der Waals surface area contributed by atoms with Crippen molar-refractivity contribution in [3.8, 4) is 23.1 Å². The van der Waals surface area contributed by atoms with E-state index in [0.29, 0.717) is 5.39 Å². The minimum atomic E-state index is -0.173. The van der Waals surface area contributed by atoms with Crippen LogP contribution in [0.4, 0.5) is 0 Å². The van der Waals surface area contributed by atoms with Crippen molar-refractivity contribution < 1.29 is 4.74 Å². The van der Waals surface area contributed by atoms with Gasteiger partial charge in [-0.15, -0.1) is 0 Å². The molecule has 23 heavy (non-hydrogen) atoms. The summed E-state index contributed by atoms with van der Waals surface area (Å²) in [6.45, 7) is 0.281. The Kier molecular flexibility index (Phi) is 4.07. The first-order valence-corrected chi connectivity index (χ1v) is 7.26. The molecule has 5 heteroatoms. The van der Waals surface area contributed by atoms with Gasteiger partial charge in [-0.3, -0.25) is 4.79 Å². The molecule has 0 saturated carbocycles. The number of aryl methyl sites for hydroxylation is 1. The zero-order chi connectivity index (χ0) is 16.2. The fourth-order valence-electron chi connectivity index (χ4n) is 2.50. The molecule has 0 N–H and O–H groups in total.